The van der Waals surface area contributed by atoms with E-state index < -0.39 is 0 Å². The average Bonchev–Trinajstić information content (AvgIpc) is 2.50. The molecule has 2 heteroatoms. The molecule has 1 atom stereocenters. The number of hydrogen-bond acceptors (Lipinski definition) is 2. The van der Waals surface area contributed by atoms with Crippen molar-refractivity contribution >= 4 is 0 Å². The van der Waals surface area contributed by atoms with Gasteiger partial charge in [0.25, 0.3) is 0 Å². The second-order valence-electron chi connectivity index (χ2n) is 5.48. The van der Waals surface area contributed by atoms with Crippen LogP contribution in [0.3, 0.4) is 0 Å². The number of likely N-dealkylation sites (N-methyl/N-ethyl adjacent to an activating group) is 1. The van der Waals surface area contributed by atoms with Gasteiger partial charge in [-0.25, -0.2) is 0 Å². The first-order valence-corrected chi connectivity index (χ1v) is 8.33. The summed E-state index contributed by atoms with van der Waals surface area (Å²) in [6.45, 7) is 11.2. The van der Waals surface area contributed by atoms with Gasteiger partial charge in [-0.1, -0.05) is 63.9 Å². The van der Waals surface area contributed by atoms with Crippen LogP contribution in [0.5, 0.6) is 0 Å². The van der Waals surface area contributed by atoms with Crippen molar-refractivity contribution in [3.8, 4) is 0 Å². The Morgan fingerprint density at radius 1 is 0.950 bits per heavy atom. The van der Waals surface area contributed by atoms with Gasteiger partial charge in [0, 0.05) is 12.6 Å². The maximum Gasteiger partial charge on any atom is 0.0472 e. The van der Waals surface area contributed by atoms with Crippen molar-refractivity contribution in [1.29, 1.82) is 0 Å². The Hall–Kier alpha value is -0.860. The van der Waals surface area contributed by atoms with Crippen LogP contribution >= 0.6 is 0 Å². The van der Waals surface area contributed by atoms with Gasteiger partial charge in [0.15, 0.2) is 0 Å². The molecule has 0 saturated carbocycles. The van der Waals surface area contributed by atoms with E-state index in [1.165, 1.54) is 44.3 Å². The van der Waals surface area contributed by atoms with Crippen LogP contribution in [-0.4, -0.2) is 31.1 Å². The quantitative estimate of drug-likeness (QED) is 0.650. The van der Waals surface area contributed by atoms with E-state index in [2.05, 4.69) is 61.3 Å². The molecule has 0 aliphatic heterocycles. The first-order valence-electron chi connectivity index (χ1n) is 8.33. The highest BCUT2D eigenvalue weighted by Gasteiger charge is 2.18. The van der Waals surface area contributed by atoms with Crippen LogP contribution in [0.15, 0.2) is 30.3 Å². The summed E-state index contributed by atoms with van der Waals surface area (Å²) in [5.74, 6) is 0. The summed E-state index contributed by atoms with van der Waals surface area (Å²) < 4.78 is 0. The van der Waals surface area contributed by atoms with Crippen molar-refractivity contribution in [2.45, 2.75) is 52.5 Å². The summed E-state index contributed by atoms with van der Waals surface area (Å²) in [4.78, 5) is 2.67. The smallest absolute Gasteiger partial charge is 0.0472 e. The molecule has 0 radical (unpaired) electrons. The molecule has 1 unspecified atom stereocenters. The van der Waals surface area contributed by atoms with Crippen molar-refractivity contribution in [2.24, 2.45) is 0 Å². The molecule has 1 aromatic carbocycles. The first-order chi connectivity index (χ1) is 9.83. The van der Waals surface area contributed by atoms with E-state index in [4.69, 9.17) is 0 Å². The van der Waals surface area contributed by atoms with Gasteiger partial charge < -0.3 is 5.32 Å². The van der Waals surface area contributed by atoms with Gasteiger partial charge in [0.2, 0.25) is 0 Å². The van der Waals surface area contributed by atoms with E-state index in [0.717, 1.165) is 13.1 Å². The average molecular weight is 276 g/mol. The molecule has 114 valence electrons. The van der Waals surface area contributed by atoms with Gasteiger partial charge in [-0.3, -0.25) is 4.90 Å². The molecule has 2 nitrogen and oxygen atoms in total. The third-order valence-electron chi connectivity index (χ3n) is 3.81. The Kier molecular flexibility index (Phi) is 9.35. The molecule has 0 saturated heterocycles. The number of unbranched alkanes of at least 4 members (excludes halogenated alkanes) is 2. The zero-order valence-corrected chi connectivity index (χ0v) is 13.6. The van der Waals surface area contributed by atoms with Gasteiger partial charge in [-0.05, 0) is 38.0 Å². The lowest BCUT2D eigenvalue weighted by Gasteiger charge is -2.32. The van der Waals surface area contributed by atoms with Crippen LogP contribution < -0.4 is 5.32 Å². The molecule has 0 aliphatic carbocycles. The zero-order chi connectivity index (χ0) is 14.6. The summed E-state index contributed by atoms with van der Waals surface area (Å²) in [7, 11) is 0. The van der Waals surface area contributed by atoms with Crippen molar-refractivity contribution in [3.05, 3.63) is 35.9 Å². The number of nitrogens with one attached hydrogen (secondary N) is 1. The summed E-state index contributed by atoms with van der Waals surface area (Å²) in [6, 6.07) is 11.5. The minimum absolute atomic E-state index is 0.509. The summed E-state index contributed by atoms with van der Waals surface area (Å²) in [5, 5.41) is 3.54. The van der Waals surface area contributed by atoms with Crippen LogP contribution in [-0.2, 0) is 0 Å². The van der Waals surface area contributed by atoms with Crippen LogP contribution in [0, 0.1) is 0 Å². The molecule has 0 bridgehead atoms. The first kappa shape index (κ1) is 17.2. The largest absolute Gasteiger partial charge is 0.315 e. The molecule has 0 fully saturated rings. The summed E-state index contributed by atoms with van der Waals surface area (Å²) in [5.41, 5.74) is 1.45. The molecule has 1 N–H and O–H groups in total. The van der Waals surface area contributed by atoms with Crippen LogP contribution in [0.2, 0.25) is 0 Å². The molecule has 0 spiro atoms. The molecular formula is C18H32N2. The molecule has 0 amide bonds. The fourth-order valence-electron chi connectivity index (χ4n) is 2.56. The maximum atomic E-state index is 3.54. The van der Waals surface area contributed by atoms with Crippen molar-refractivity contribution < 1.29 is 0 Å². The molecule has 0 aliphatic rings. The van der Waals surface area contributed by atoms with E-state index in [-0.39, 0.29) is 0 Å². The topological polar surface area (TPSA) is 15.3 Å². The highest BCUT2D eigenvalue weighted by molar-refractivity contribution is 5.19. The third kappa shape index (κ3) is 6.06. The van der Waals surface area contributed by atoms with E-state index >= 15 is 0 Å². The lowest BCUT2D eigenvalue weighted by atomic mass is 10.0. The second-order valence-corrected chi connectivity index (χ2v) is 5.48. The minimum Gasteiger partial charge on any atom is -0.315 e. The van der Waals surface area contributed by atoms with E-state index in [0.29, 0.717) is 6.04 Å². The second kappa shape index (κ2) is 10.9. The van der Waals surface area contributed by atoms with Gasteiger partial charge in [-0.2, -0.15) is 0 Å². The lowest BCUT2D eigenvalue weighted by Crippen LogP contribution is -2.37. The predicted molar refractivity (Wildman–Crippen MR) is 89.1 cm³/mol. The fraction of sp³-hybridized carbons (Fsp3) is 0.667. The van der Waals surface area contributed by atoms with Gasteiger partial charge in [-0.15, -0.1) is 0 Å². The molecular weight excluding hydrogens is 244 g/mol. The SMILES string of the molecule is CCCCN(CCCC)C(CNCC)c1ccccc1. The summed E-state index contributed by atoms with van der Waals surface area (Å²) in [6.07, 6.45) is 5.12. The monoisotopic (exact) mass is 276 g/mol. The Labute approximate surface area is 125 Å². The highest BCUT2D eigenvalue weighted by Crippen LogP contribution is 2.21. The Balaban J connectivity index is 2.79. The minimum atomic E-state index is 0.509. The molecule has 1 rings (SSSR count). The van der Waals surface area contributed by atoms with Crippen molar-refractivity contribution in [1.82, 2.24) is 10.2 Å². The number of nitrogens with zero attached hydrogens (tertiary/aromatic N) is 1. The normalized spacial score (nSPS) is 12.8. The van der Waals surface area contributed by atoms with E-state index in [1.54, 1.807) is 0 Å². The molecule has 0 aromatic heterocycles. The van der Waals surface area contributed by atoms with Crippen molar-refractivity contribution in [3.63, 3.8) is 0 Å². The fourth-order valence-corrected chi connectivity index (χ4v) is 2.56. The highest BCUT2D eigenvalue weighted by atomic mass is 15.2. The predicted octanol–water partition coefficient (Wildman–Crippen LogP) is 4.24. The zero-order valence-electron chi connectivity index (χ0n) is 13.6. The Morgan fingerprint density at radius 2 is 1.55 bits per heavy atom. The Morgan fingerprint density at radius 3 is 2.05 bits per heavy atom. The van der Waals surface area contributed by atoms with Crippen LogP contribution in [0.1, 0.15) is 58.1 Å². The van der Waals surface area contributed by atoms with Crippen LogP contribution in [0.25, 0.3) is 0 Å². The standard InChI is InChI=1S/C18H32N2/c1-4-7-14-20(15-8-5-2)18(16-19-6-3)17-12-10-9-11-13-17/h9-13,18-19H,4-8,14-16H2,1-3H3. The van der Waals surface area contributed by atoms with Gasteiger partial charge in [0.1, 0.15) is 0 Å². The number of rotatable bonds is 11. The van der Waals surface area contributed by atoms with E-state index in [1.807, 2.05) is 0 Å². The lowest BCUT2D eigenvalue weighted by molar-refractivity contribution is 0.187. The van der Waals surface area contributed by atoms with Crippen LogP contribution in [0.4, 0.5) is 0 Å². The molecule has 1 aromatic rings. The van der Waals surface area contributed by atoms with Gasteiger partial charge in [0.05, 0.1) is 0 Å². The third-order valence-corrected chi connectivity index (χ3v) is 3.81. The number of benzene rings is 1. The number of hydrogen-bond donors (Lipinski definition) is 1. The summed E-state index contributed by atoms with van der Waals surface area (Å²) >= 11 is 0. The molecule has 0 heterocycles. The maximum absolute atomic E-state index is 3.54. The van der Waals surface area contributed by atoms with E-state index in [9.17, 15) is 0 Å². The molecule has 20 heavy (non-hydrogen) atoms. The van der Waals surface area contributed by atoms with Gasteiger partial charge >= 0.3 is 0 Å². The Bertz CT molecular complexity index is 315. The van der Waals surface area contributed by atoms with Crippen molar-refractivity contribution in [2.75, 3.05) is 26.2 Å².